The first-order valence-corrected chi connectivity index (χ1v) is 12.4. The molecule has 9 heteroatoms. The molecule has 1 amide bonds. The number of carbonyl (C=O) groups is 1. The van der Waals surface area contributed by atoms with E-state index in [9.17, 15) is 17.6 Å². The lowest BCUT2D eigenvalue weighted by molar-refractivity contribution is -0.136. The molecule has 1 aromatic heterocycles. The molecule has 1 unspecified atom stereocenters. The molecule has 1 atom stereocenters. The lowest BCUT2D eigenvalue weighted by Crippen LogP contribution is -2.43. The minimum atomic E-state index is -3.17. The average molecular weight is 451 g/mol. The number of anilines is 1. The van der Waals surface area contributed by atoms with Gasteiger partial charge in [-0.1, -0.05) is 0 Å². The summed E-state index contributed by atoms with van der Waals surface area (Å²) in [6.07, 6.45) is 3.86. The summed E-state index contributed by atoms with van der Waals surface area (Å²) in [7, 11) is -3.17. The molecular weight excluding hydrogens is 423 g/mol. The van der Waals surface area contributed by atoms with Crippen LogP contribution in [0, 0.1) is 5.82 Å². The van der Waals surface area contributed by atoms with Gasteiger partial charge < -0.3 is 19.0 Å². The molecule has 1 aromatic carbocycles. The van der Waals surface area contributed by atoms with Crippen molar-refractivity contribution in [2.45, 2.75) is 38.3 Å². The van der Waals surface area contributed by atoms with Gasteiger partial charge >= 0.3 is 0 Å². The number of furan rings is 1. The minimum Gasteiger partial charge on any atom is -0.484 e. The van der Waals surface area contributed by atoms with Crippen molar-refractivity contribution in [2.24, 2.45) is 0 Å². The predicted octanol–water partition coefficient (Wildman–Crippen LogP) is 3.00. The Labute approximate surface area is 181 Å². The highest BCUT2D eigenvalue weighted by Gasteiger charge is 2.35. The maximum absolute atomic E-state index is 13.1. The molecule has 168 valence electrons. The summed E-state index contributed by atoms with van der Waals surface area (Å²) in [6, 6.07) is 8.74. The molecule has 0 spiro atoms. The zero-order valence-corrected chi connectivity index (χ0v) is 18.2. The molecule has 31 heavy (non-hydrogen) atoms. The van der Waals surface area contributed by atoms with Crippen LogP contribution in [0.2, 0.25) is 0 Å². The molecule has 2 fully saturated rings. The predicted molar refractivity (Wildman–Crippen MR) is 114 cm³/mol. The molecule has 0 N–H and O–H groups in total. The standard InChI is InChI=1S/C22H27FN2O5S/c23-17-4-6-19(7-5-17)29-15-21(26)25(18-10-13-31(27,28)16-18)14-20-8-9-22(30-20)24-11-2-1-3-12-24/h4-9,18H,1-3,10-16H2. The van der Waals surface area contributed by atoms with Gasteiger partial charge in [0.25, 0.3) is 5.91 Å². The van der Waals surface area contributed by atoms with Gasteiger partial charge in [-0.3, -0.25) is 4.79 Å². The number of sulfone groups is 1. The largest absolute Gasteiger partial charge is 0.484 e. The second-order valence-corrected chi connectivity index (χ2v) is 10.3. The van der Waals surface area contributed by atoms with Crippen LogP contribution < -0.4 is 9.64 Å². The lowest BCUT2D eigenvalue weighted by atomic mass is 10.1. The maximum Gasteiger partial charge on any atom is 0.261 e. The van der Waals surface area contributed by atoms with Gasteiger partial charge in [0.2, 0.25) is 0 Å². The molecule has 2 saturated heterocycles. The van der Waals surface area contributed by atoms with Gasteiger partial charge in [-0.2, -0.15) is 0 Å². The molecular formula is C22H27FN2O5S. The molecule has 2 aliphatic rings. The van der Waals surface area contributed by atoms with Gasteiger partial charge in [0.15, 0.2) is 22.3 Å². The molecule has 7 nitrogen and oxygen atoms in total. The van der Waals surface area contributed by atoms with Gasteiger partial charge in [0.1, 0.15) is 17.3 Å². The Balaban J connectivity index is 1.45. The van der Waals surface area contributed by atoms with E-state index in [2.05, 4.69) is 4.90 Å². The van der Waals surface area contributed by atoms with Crippen LogP contribution in [0.3, 0.4) is 0 Å². The third kappa shape index (κ3) is 5.58. The molecule has 2 aromatic rings. The van der Waals surface area contributed by atoms with E-state index in [1.807, 2.05) is 12.1 Å². The summed E-state index contributed by atoms with van der Waals surface area (Å²) in [6.45, 7) is 1.81. The van der Waals surface area contributed by atoms with E-state index in [1.165, 1.54) is 35.6 Å². The van der Waals surface area contributed by atoms with E-state index in [4.69, 9.17) is 9.15 Å². The normalized spacial score (nSPS) is 20.5. The van der Waals surface area contributed by atoms with E-state index in [0.29, 0.717) is 17.9 Å². The molecule has 4 rings (SSSR count). The van der Waals surface area contributed by atoms with Crippen LogP contribution in [0.25, 0.3) is 0 Å². The van der Waals surface area contributed by atoms with Gasteiger partial charge in [-0.05, 0) is 56.0 Å². The highest BCUT2D eigenvalue weighted by atomic mass is 32.2. The third-order valence-electron chi connectivity index (χ3n) is 5.79. The first kappa shape index (κ1) is 21.7. The first-order chi connectivity index (χ1) is 14.9. The number of carbonyl (C=O) groups excluding carboxylic acids is 1. The summed E-state index contributed by atoms with van der Waals surface area (Å²) < 4.78 is 48.6. The van der Waals surface area contributed by atoms with Crippen molar-refractivity contribution in [3.8, 4) is 5.75 Å². The molecule has 3 heterocycles. The Morgan fingerprint density at radius 3 is 2.55 bits per heavy atom. The number of ether oxygens (including phenoxy) is 1. The van der Waals surface area contributed by atoms with Gasteiger partial charge in [-0.25, -0.2) is 12.8 Å². The summed E-state index contributed by atoms with van der Waals surface area (Å²) in [5, 5.41) is 0. The van der Waals surface area contributed by atoms with Crippen molar-refractivity contribution in [1.82, 2.24) is 4.90 Å². The first-order valence-electron chi connectivity index (χ1n) is 10.6. The Hall–Kier alpha value is -2.55. The smallest absolute Gasteiger partial charge is 0.261 e. The van der Waals surface area contributed by atoms with Crippen LogP contribution in [-0.2, 0) is 21.2 Å². The second kappa shape index (κ2) is 9.30. The van der Waals surface area contributed by atoms with Crippen molar-refractivity contribution in [1.29, 1.82) is 0 Å². The lowest BCUT2D eigenvalue weighted by Gasteiger charge is -2.28. The van der Waals surface area contributed by atoms with E-state index in [-0.39, 0.29) is 30.6 Å². The van der Waals surface area contributed by atoms with Crippen LogP contribution in [0.1, 0.15) is 31.4 Å². The number of nitrogens with zero attached hydrogens (tertiary/aromatic N) is 2. The van der Waals surface area contributed by atoms with E-state index in [1.54, 1.807) is 0 Å². The van der Waals surface area contributed by atoms with Crippen molar-refractivity contribution >= 4 is 21.6 Å². The Morgan fingerprint density at radius 2 is 1.87 bits per heavy atom. The monoisotopic (exact) mass is 450 g/mol. The number of rotatable bonds is 7. The topological polar surface area (TPSA) is 80.1 Å². The fraction of sp³-hybridized carbons (Fsp3) is 0.500. The highest BCUT2D eigenvalue weighted by molar-refractivity contribution is 7.91. The fourth-order valence-corrected chi connectivity index (χ4v) is 5.84. The van der Waals surface area contributed by atoms with Gasteiger partial charge in [0, 0.05) is 25.2 Å². The molecule has 0 aliphatic carbocycles. The van der Waals surface area contributed by atoms with Gasteiger partial charge in [0.05, 0.1) is 18.1 Å². The van der Waals surface area contributed by atoms with Gasteiger partial charge in [-0.15, -0.1) is 0 Å². The zero-order valence-electron chi connectivity index (χ0n) is 17.3. The molecule has 2 aliphatic heterocycles. The van der Waals surface area contributed by atoms with Crippen LogP contribution in [0.4, 0.5) is 10.3 Å². The number of hydrogen-bond acceptors (Lipinski definition) is 6. The number of halogens is 1. The van der Waals surface area contributed by atoms with Crippen LogP contribution in [0.15, 0.2) is 40.8 Å². The fourth-order valence-electron chi connectivity index (χ4n) is 4.10. The third-order valence-corrected chi connectivity index (χ3v) is 7.54. The van der Waals surface area contributed by atoms with E-state index in [0.717, 1.165) is 31.8 Å². The maximum atomic E-state index is 13.1. The SMILES string of the molecule is O=C(COc1ccc(F)cc1)N(Cc1ccc(N2CCCCC2)o1)C1CCS(=O)(=O)C1. The molecule has 0 bridgehead atoms. The Kier molecular flexibility index (Phi) is 6.50. The number of amides is 1. The Morgan fingerprint density at radius 1 is 1.13 bits per heavy atom. The quantitative estimate of drug-likeness (QED) is 0.645. The summed E-state index contributed by atoms with van der Waals surface area (Å²) >= 11 is 0. The second-order valence-electron chi connectivity index (χ2n) is 8.11. The Bertz CT molecular complexity index is 999. The number of piperidine rings is 1. The number of hydrogen-bond donors (Lipinski definition) is 0. The highest BCUT2D eigenvalue weighted by Crippen LogP contribution is 2.26. The van der Waals surface area contributed by atoms with Crippen molar-refractivity contribution in [2.75, 3.05) is 36.1 Å². The van der Waals surface area contributed by atoms with Crippen molar-refractivity contribution in [3.05, 3.63) is 48.0 Å². The van der Waals surface area contributed by atoms with Crippen molar-refractivity contribution in [3.63, 3.8) is 0 Å². The van der Waals surface area contributed by atoms with Crippen LogP contribution in [0.5, 0.6) is 5.75 Å². The van der Waals surface area contributed by atoms with E-state index < -0.39 is 21.7 Å². The van der Waals surface area contributed by atoms with Crippen LogP contribution >= 0.6 is 0 Å². The number of benzene rings is 1. The average Bonchev–Trinajstić information content (AvgIpc) is 3.38. The summed E-state index contributed by atoms with van der Waals surface area (Å²) in [5.41, 5.74) is 0. The minimum absolute atomic E-state index is 0.0605. The van der Waals surface area contributed by atoms with Crippen molar-refractivity contribution < 1.29 is 26.8 Å². The van der Waals surface area contributed by atoms with Crippen LogP contribution in [-0.4, -0.2) is 56.5 Å². The molecule has 0 radical (unpaired) electrons. The molecule has 0 saturated carbocycles. The summed E-state index contributed by atoms with van der Waals surface area (Å²) in [5.74, 6) is 1.05. The summed E-state index contributed by atoms with van der Waals surface area (Å²) in [4.78, 5) is 16.7. The van der Waals surface area contributed by atoms with E-state index >= 15 is 0 Å². The zero-order chi connectivity index (χ0) is 21.8.